The molecule has 6 heteroatoms. The summed E-state index contributed by atoms with van der Waals surface area (Å²) in [6.45, 7) is 0. The highest BCUT2D eigenvalue weighted by molar-refractivity contribution is 9.10. The minimum absolute atomic E-state index is 0.359. The van der Waals surface area contributed by atoms with Gasteiger partial charge in [0.05, 0.1) is 15.9 Å². The Hall–Kier alpha value is -1.98. The lowest BCUT2D eigenvalue weighted by molar-refractivity contribution is 0.631. The zero-order chi connectivity index (χ0) is 15.5. The van der Waals surface area contributed by atoms with Gasteiger partial charge >= 0.3 is 0 Å². The molecule has 0 bridgehead atoms. The van der Waals surface area contributed by atoms with Crippen molar-refractivity contribution < 1.29 is 4.39 Å². The van der Waals surface area contributed by atoms with Gasteiger partial charge in [-0.1, -0.05) is 11.6 Å². The van der Waals surface area contributed by atoms with Crippen LogP contribution in [0.15, 0.2) is 59.5 Å². The lowest BCUT2D eigenvalue weighted by atomic mass is 10.1. The number of aromatic nitrogens is 2. The summed E-state index contributed by atoms with van der Waals surface area (Å²) in [5, 5.41) is 3.70. The Kier molecular flexibility index (Phi) is 4.36. The Labute approximate surface area is 140 Å². The normalized spacial score (nSPS) is 10.5. The van der Waals surface area contributed by atoms with Gasteiger partial charge in [0, 0.05) is 34.9 Å². The topological polar surface area (TPSA) is 37.8 Å². The molecule has 3 aromatic rings. The maximum Gasteiger partial charge on any atom is 0.132 e. The maximum atomic E-state index is 14.0. The van der Waals surface area contributed by atoms with Crippen LogP contribution in [-0.4, -0.2) is 9.97 Å². The fourth-order valence-corrected chi connectivity index (χ4v) is 2.45. The lowest BCUT2D eigenvalue weighted by Gasteiger charge is -2.11. The fourth-order valence-electron chi connectivity index (χ4n) is 1.97. The number of anilines is 2. The van der Waals surface area contributed by atoms with Crippen LogP contribution in [0, 0.1) is 5.82 Å². The van der Waals surface area contributed by atoms with Crippen LogP contribution in [0.2, 0.25) is 5.02 Å². The molecule has 0 radical (unpaired) electrons. The molecule has 0 aliphatic carbocycles. The number of benzene rings is 1. The molecule has 0 unspecified atom stereocenters. The van der Waals surface area contributed by atoms with Gasteiger partial charge in [-0.05, 0) is 52.3 Å². The average molecular weight is 379 g/mol. The van der Waals surface area contributed by atoms with Gasteiger partial charge in [-0.25, -0.2) is 4.39 Å². The van der Waals surface area contributed by atoms with E-state index < -0.39 is 0 Å². The second-order valence-electron chi connectivity index (χ2n) is 4.53. The zero-order valence-electron chi connectivity index (χ0n) is 11.2. The second-order valence-corrected chi connectivity index (χ2v) is 5.83. The predicted molar refractivity (Wildman–Crippen MR) is 89.9 cm³/mol. The predicted octanol–water partition coefficient (Wildman–Crippen LogP) is 5.44. The first-order chi connectivity index (χ1) is 10.6. The first kappa shape index (κ1) is 14.9. The van der Waals surface area contributed by atoms with Gasteiger partial charge in [-0.15, -0.1) is 0 Å². The van der Waals surface area contributed by atoms with Crippen molar-refractivity contribution in [2.75, 3.05) is 5.32 Å². The molecular formula is C16H10BrClFN3. The van der Waals surface area contributed by atoms with E-state index in [0.717, 1.165) is 15.8 Å². The monoisotopic (exact) mass is 377 g/mol. The molecule has 0 aliphatic rings. The van der Waals surface area contributed by atoms with Crippen molar-refractivity contribution in [3.05, 3.63) is 70.3 Å². The molecule has 0 saturated heterocycles. The van der Waals surface area contributed by atoms with Crippen LogP contribution in [0.4, 0.5) is 15.8 Å². The summed E-state index contributed by atoms with van der Waals surface area (Å²) in [4.78, 5) is 8.22. The number of rotatable bonds is 3. The van der Waals surface area contributed by atoms with Crippen LogP contribution in [0.25, 0.3) is 11.3 Å². The summed E-state index contributed by atoms with van der Waals surface area (Å²) < 4.78 is 14.7. The van der Waals surface area contributed by atoms with E-state index in [4.69, 9.17) is 11.6 Å². The number of halogens is 3. The van der Waals surface area contributed by atoms with E-state index in [1.54, 1.807) is 30.7 Å². The van der Waals surface area contributed by atoms with Crippen molar-refractivity contribution in [2.45, 2.75) is 0 Å². The molecule has 0 saturated carbocycles. The van der Waals surface area contributed by atoms with Crippen LogP contribution in [0.5, 0.6) is 0 Å². The third kappa shape index (κ3) is 3.26. The highest BCUT2D eigenvalue weighted by atomic mass is 79.9. The number of hydrogen-bond acceptors (Lipinski definition) is 3. The summed E-state index contributed by atoms with van der Waals surface area (Å²) in [7, 11) is 0. The van der Waals surface area contributed by atoms with Gasteiger partial charge in [0.1, 0.15) is 5.82 Å². The molecule has 2 aromatic heterocycles. The van der Waals surface area contributed by atoms with Gasteiger partial charge in [-0.2, -0.15) is 0 Å². The SMILES string of the molecule is Fc1ccc(Cl)cc1-c1cc(Nc2ccncc2)c(Br)cn1. The quantitative estimate of drug-likeness (QED) is 0.659. The van der Waals surface area contributed by atoms with E-state index in [0.29, 0.717) is 16.3 Å². The van der Waals surface area contributed by atoms with E-state index >= 15 is 0 Å². The van der Waals surface area contributed by atoms with Crippen LogP contribution in [-0.2, 0) is 0 Å². The number of pyridine rings is 2. The van der Waals surface area contributed by atoms with Crippen LogP contribution in [0.3, 0.4) is 0 Å². The summed E-state index contributed by atoms with van der Waals surface area (Å²) in [6.07, 6.45) is 5.00. The first-order valence-corrected chi connectivity index (χ1v) is 7.58. The largest absolute Gasteiger partial charge is 0.354 e. The van der Waals surface area contributed by atoms with Crippen molar-refractivity contribution in [1.29, 1.82) is 0 Å². The minimum atomic E-state index is -0.367. The third-order valence-corrected chi connectivity index (χ3v) is 3.89. The van der Waals surface area contributed by atoms with Gasteiger partial charge in [-0.3, -0.25) is 9.97 Å². The summed E-state index contributed by atoms with van der Waals surface area (Å²) in [6, 6.07) is 9.84. The van der Waals surface area contributed by atoms with Gasteiger partial charge < -0.3 is 5.32 Å². The lowest BCUT2D eigenvalue weighted by Crippen LogP contribution is -1.95. The molecule has 0 amide bonds. The maximum absolute atomic E-state index is 14.0. The first-order valence-electron chi connectivity index (χ1n) is 6.41. The van der Waals surface area contributed by atoms with Crippen molar-refractivity contribution >= 4 is 38.9 Å². The Morgan fingerprint density at radius 2 is 1.86 bits per heavy atom. The molecule has 0 aliphatic heterocycles. The second kappa shape index (κ2) is 6.42. The zero-order valence-corrected chi connectivity index (χ0v) is 13.6. The minimum Gasteiger partial charge on any atom is -0.354 e. The molecular weight excluding hydrogens is 369 g/mol. The number of nitrogens with one attached hydrogen (secondary N) is 1. The van der Waals surface area contributed by atoms with Crippen molar-refractivity contribution in [1.82, 2.24) is 9.97 Å². The van der Waals surface area contributed by atoms with E-state index in [1.807, 2.05) is 12.1 Å². The van der Waals surface area contributed by atoms with Gasteiger partial charge in [0.25, 0.3) is 0 Å². The third-order valence-electron chi connectivity index (χ3n) is 3.02. The van der Waals surface area contributed by atoms with Crippen LogP contribution in [0.1, 0.15) is 0 Å². The molecule has 0 fully saturated rings. The van der Waals surface area contributed by atoms with Gasteiger partial charge in [0.2, 0.25) is 0 Å². The Bertz CT molecular complexity index is 812. The summed E-state index contributed by atoms with van der Waals surface area (Å²) in [5.41, 5.74) is 2.51. The molecule has 3 nitrogen and oxygen atoms in total. The molecule has 1 aromatic carbocycles. The standard InChI is InChI=1S/C16H10BrClFN3/c17-13-9-21-15(12-7-10(18)1-2-14(12)19)8-16(13)22-11-3-5-20-6-4-11/h1-9H,(H,20,21,22). The number of nitrogens with zero attached hydrogens (tertiary/aromatic N) is 2. The molecule has 3 rings (SSSR count). The Balaban J connectivity index is 2.01. The smallest absolute Gasteiger partial charge is 0.132 e. The Morgan fingerprint density at radius 1 is 1.09 bits per heavy atom. The molecule has 22 heavy (non-hydrogen) atoms. The highest BCUT2D eigenvalue weighted by Gasteiger charge is 2.10. The molecule has 0 spiro atoms. The van der Waals surface area contributed by atoms with E-state index in [-0.39, 0.29) is 5.82 Å². The van der Waals surface area contributed by atoms with Crippen molar-refractivity contribution in [3.8, 4) is 11.3 Å². The fraction of sp³-hybridized carbons (Fsp3) is 0. The molecule has 2 heterocycles. The van der Waals surface area contributed by atoms with Crippen molar-refractivity contribution in [3.63, 3.8) is 0 Å². The van der Waals surface area contributed by atoms with E-state index in [1.165, 1.54) is 12.1 Å². The van der Waals surface area contributed by atoms with Crippen molar-refractivity contribution in [2.24, 2.45) is 0 Å². The van der Waals surface area contributed by atoms with E-state index in [2.05, 4.69) is 31.2 Å². The number of hydrogen-bond donors (Lipinski definition) is 1. The molecule has 0 atom stereocenters. The molecule has 1 N–H and O–H groups in total. The van der Waals surface area contributed by atoms with Crippen LogP contribution >= 0.6 is 27.5 Å². The average Bonchev–Trinajstić information content (AvgIpc) is 2.53. The Morgan fingerprint density at radius 3 is 2.64 bits per heavy atom. The summed E-state index contributed by atoms with van der Waals surface area (Å²) >= 11 is 9.37. The van der Waals surface area contributed by atoms with Gasteiger partial charge in [0.15, 0.2) is 0 Å². The molecule has 110 valence electrons. The summed E-state index contributed by atoms with van der Waals surface area (Å²) in [5.74, 6) is -0.367. The van der Waals surface area contributed by atoms with Crippen LogP contribution < -0.4 is 5.32 Å². The highest BCUT2D eigenvalue weighted by Crippen LogP contribution is 2.31. The van der Waals surface area contributed by atoms with E-state index in [9.17, 15) is 4.39 Å².